The van der Waals surface area contributed by atoms with E-state index in [2.05, 4.69) is 44.0 Å². The Morgan fingerprint density at radius 3 is 2.44 bits per heavy atom. The van der Waals surface area contributed by atoms with Gasteiger partial charge in [-0.2, -0.15) is 5.10 Å². The zero-order chi connectivity index (χ0) is 25.9. The zero-order valence-electron chi connectivity index (χ0n) is 20.1. The Kier molecular flexibility index (Phi) is 7.45. The molecule has 0 atom stereocenters. The van der Waals surface area contributed by atoms with Gasteiger partial charge in [0.05, 0.1) is 11.1 Å². The van der Waals surface area contributed by atoms with Crippen LogP contribution in [0.4, 0.5) is 20.3 Å². The fraction of sp³-hybridized carbons (Fsp3) is 0.292. The van der Waals surface area contributed by atoms with Crippen LogP contribution in [0.5, 0.6) is 0 Å². The maximum absolute atomic E-state index is 14.0. The molecule has 0 unspecified atom stereocenters. The second-order valence-electron chi connectivity index (χ2n) is 8.14. The third-order valence-electron chi connectivity index (χ3n) is 5.79. The van der Waals surface area contributed by atoms with Gasteiger partial charge in [-0.25, -0.2) is 27.2 Å². The number of rotatable bonds is 10. The summed E-state index contributed by atoms with van der Waals surface area (Å²) in [5.41, 5.74) is 2.17. The average molecular weight is 516 g/mol. The van der Waals surface area contributed by atoms with Gasteiger partial charge in [-0.3, -0.25) is 9.82 Å². The van der Waals surface area contributed by atoms with Crippen molar-refractivity contribution in [1.82, 2.24) is 25.1 Å². The fourth-order valence-corrected chi connectivity index (χ4v) is 4.94. The third-order valence-corrected chi connectivity index (χ3v) is 7.19. The van der Waals surface area contributed by atoms with Crippen molar-refractivity contribution in [2.75, 3.05) is 36.2 Å². The number of aromatic nitrogens is 4. The van der Waals surface area contributed by atoms with Gasteiger partial charge < -0.3 is 10.2 Å². The maximum atomic E-state index is 14.0. The molecule has 12 heteroatoms. The van der Waals surface area contributed by atoms with E-state index in [0.717, 1.165) is 42.8 Å². The molecule has 0 aliphatic carbocycles. The van der Waals surface area contributed by atoms with Gasteiger partial charge in [-0.15, -0.1) is 0 Å². The Bertz CT molecular complexity index is 1470. The summed E-state index contributed by atoms with van der Waals surface area (Å²) in [7, 11) is -4.32. The van der Waals surface area contributed by atoms with E-state index in [1.807, 2.05) is 6.92 Å². The van der Waals surface area contributed by atoms with Crippen LogP contribution in [-0.4, -0.2) is 59.7 Å². The highest BCUT2D eigenvalue weighted by atomic mass is 32.2. The number of fused-ring (bicyclic) bond motifs is 1. The first-order chi connectivity index (χ1) is 17.2. The van der Waals surface area contributed by atoms with E-state index >= 15 is 0 Å². The van der Waals surface area contributed by atoms with Gasteiger partial charge in [0.25, 0.3) is 10.0 Å². The number of nitrogens with one attached hydrogen (secondary N) is 3. The molecule has 3 N–H and O–H groups in total. The van der Waals surface area contributed by atoms with Gasteiger partial charge in [0.1, 0.15) is 22.3 Å². The Balaban J connectivity index is 1.58. The smallest absolute Gasteiger partial charge is 0.264 e. The number of benzene rings is 2. The molecule has 4 rings (SSSR count). The van der Waals surface area contributed by atoms with Crippen LogP contribution in [0.3, 0.4) is 0 Å². The van der Waals surface area contributed by atoms with Crippen LogP contribution in [0.2, 0.25) is 0 Å². The first-order valence-electron chi connectivity index (χ1n) is 11.5. The molecule has 0 spiro atoms. The Hall–Kier alpha value is -3.64. The van der Waals surface area contributed by atoms with Gasteiger partial charge in [0.2, 0.25) is 0 Å². The number of sulfonamides is 1. The molecule has 2 heterocycles. The van der Waals surface area contributed by atoms with Crippen LogP contribution in [0.1, 0.15) is 19.5 Å². The van der Waals surface area contributed by atoms with E-state index in [1.54, 1.807) is 12.1 Å². The summed E-state index contributed by atoms with van der Waals surface area (Å²) >= 11 is 0. The van der Waals surface area contributed by atoms with Gasteiger partial charge in [-0.1, -0.05) is 13.8 Å². The van der Waals surface area contributed by atoms with E-state index in [0.29, 0.717) is 35.5 Å². The molecule has 9 nitrogen and oxygen atoms in total. The fourth-order valence-electron chi connectivity index (χ4n) is 3.79. The van der Waals surface area contributed by atoms with Gasteiger partial charge in [0, 0.05) is 24.3 Å². The van der Waals surface area contributed by atoms with Gasteiger partial charge in [-0.05, 0) is 62.5 Å². The molecule has 0 saturated carbocycles. The number of hydrogen-bond donors (Lipinski definition) is 3. The molecule has 4 aromatic rings. The van der Waals surface area contributed by atoms with Crippen molar-refractivity contribution in [3.05, 3.63) is 59.8 Å². The Labute approximate surface area is 208 Å². The van der Waals surface area contributed by atoms with Crippen LogP contribution >= 0.6 is 0 Å². The zero-order valence-corrected chi connectivity index (χ0v) is 21.0. The summed E-state index contributed by atoms with van der Waals surface area (Å²) < 4.78 is 54.8. The molecular formula is C24H27F2N7O2S. The number of H-pyrrole nitrogens is 1. The molecule has 0 amide bonds. The molecule has 0 radical (unpaired) electrons. The van der Waals surface area contributed by atoms with E-state index in [9.17, 15) is 17.2 Å². The van der Waals surface area contributed by atoms with E-state index in [4.69, 9.17) is 4.98 Å². The van der Waals surface area contributed by atoms with Crippen LogP contribution < -0.4 is 10.0 Å². The molecule has 190 valence electrons. The quantitative estimate of drug-likeness (QED) is 0.290. The van der Waals surface area contributed by atoms with Crippen molar-refractivity contribution in [2.45, 2.75) is 25.7 Å². The minimum atomic E-state index is -4.32. The standard InChI is InChI=1S/C24H27F2N7O2S/c1-4-33(5-2)13-12-27-23-21-15(3)30-31-24(21)29-22(28-23)16-6-9-18(10-7-16)32-36(34,35)20-14-17(25)8-11-19(20)26/h6-11,14,32H,4-5,12-13H2,1-3H3,(H2,27,28,29,30,31). The third kappa shape index (κ3) is 5.44. The van der Waals surface area contributed by atoms with Gasteiger partial charge in [0.15, 0.2) is 11.5 Å². The largest absolute Gasteiger partial charge is 0.368 e. The van der Waals surface area contributed by atoms with E-state index in [1.165, 1.54) is 12.1 Å². The van der Waals surface area contributed by atoms with Crippen molar-refractivity contribution in [2.24, 2.45) is 0 Å². The second kappa shape index (κ2) is 10.5. The van der Waals surface area contributed by atoms with E-state index < -0.39 is 26.6 Å². The first-order valence-corrected chi connectivity index (χ1v) is 13.0. The summed E-state index contributed by atoms with van der Waals surface area (Å²) in [4.78, 5) is 10.8. The highest BCUT2D eigenvalue weighted by Crippen LogP contribution is 2.27. The lowest BCUT2D eigenvalue weighted by Crippen LogP contribution is -2.28. The molecule has 2 aromatic carbocycles. The minimum absolute atomic E-state index is 0.179. The predicted octanol–water partition coefficient (Wildman–Crippen LogP) is 4.16. The number of anilines is 2. The lowest BCUT2D eigenvalue weighted by atomic mass is 10.2. The number of likely N-dealkylation sites (N-methyl/N-ethyl adjacent to an activating group) is 1. The molecule has 0 saturated heterocycles. The molecule has 36 heavy (non-hydrogen) atoms. The molecular weight excluding hydrogens is 488 g/mol. The lowest BCUT2D eigenvalue weighted by molar-refractivity contribution is 0.316. The number of hydrogen-bond acceptors (Lipinski definition) is 7. The number of aryl methyl sites for hydroxylation is 1. The Morgan fingerprint density at radius 2 is 1.75 bits per heavy atom. The first kappa shape index (κ1) is 25.5. The van der Waals surface area contributed by atoms with Crippen LogP contribution in [0, 0.1) is 18.6 Å². The second-order valence-corrected chi connectivity index (χ2v) is 9.79. The maximum Gasteiger partial charge on any atom is 0.264 e. The lowest BCUT2D eigenvalue weighted by Gasteiger charge is -2.18. The van der Waals surface area contributed by atoms with E-state index in [-0.39, 0.29) is 5.69 Å². The molecule has 0 fully saturated rings. The van der Waals surface area contributed by atoms with Crippen molar-refractivity contribution in [1.29, 1.82) is 0 Å². The van der Waals surface area contributed by atoms with Crippen LogP contribution in [0.25, 0.3) is 22.4 Å². The predicted molar refractivity (Wildman–Crippen MR) is 135 cm³/mol. The Morgan fingerprint density at radius 1 is 1.03 bits per heavy atom. The van der Waals surface area contributed by atoms with Crippen molar-refractivity contribution in [3.63, 3.8) is 0 Å². The summed E-state index contributed by atoms with van der Waals surface area (Å²) in [5.74, 6) is -0.824. The summed E-state index contributed by atoms with van der Waals surface area (Å²) in [6, 6.07) is 8.55. The van der Waals surface area contributed by atoms with Gasteiger partial charge >= 0.3 is 0 Å². The number of halogens is 2. The summed E-state index contributed by atoms with van der Waals surface area (Å²) in [5, 5.41) is 11.4. The number of aromatic amines is 1. The van der Waals surface area contributed by atoms with Crippen molar-refractivity contribution >= 4 is 32.6 Å². The molecule has 0 aliphatic heterocycles. The molecule has 0 aliphatic rings. The average Bonchev–Trinajstić information content (AvgIpc) is 3.24. The summed E-state index contributed by atoms with van der Waals surface area (Å²) in [6.07, 6.45) is 0. The molecule has 0 bridgehead atoms. The van der Waals surface area contributed by atoms with Crippen molar-refractivity contribution < 1.29 is 17.2 Å². The van der Waals surface area contributed by atoms with Crippen LogP contribution in [0.15, 0.2) is 47.4 Å². The van der Waals surface area contributed by atoms with Crippen molar-refractivity contribution in [3.8, 4) is 11.4 Å². The highest BCUT2D eigenvalue weighted by molar-refractivity contribution is 7.92. The van der Waals surface area contributed by atoms with Crippen LogP contribution in [-0.2, 0) is 10.0 Å². The minimum Gasteiger partial charge on any atom is -0.368 e. The molecule has 2 aromatic heterocycles. The summed E-state index contributed by atoms with van der Waals surface area (Å²) in [6.45, 7) is 9.55. The SMILES string of the molecule is CCN(CC)CCNc1nc(-c2ccc(NS(=O)(=O)c3cc(F)ccc3F)cc2)nc2[nH]nc(C)c12. The monoisotopic (exact) mass is 515 g/mol. The highest BCUT2D eigenvalue weighted by Gasteiger charge is 2.20. The topological polar surface area (TPSA) is 116 Å². The normalized spacial score (nSPS) is 11.8. The number of nitrogens with zero attached hydrogens (tertiary/aromatic N) is 4.